The van der Waals surface area contributed by atoms with Crippen molar-refractivity contribution < 1.29 is 4.79 Å². The Morgan fingerprint density at radius 1 is 0.800 bits per heavy atom. The van der Waals surface area contributed by atoms with E-state index in [9.17, 15) is 4.79 Å². The molecule has 0 radical (unpaired) electrons. The summed E-state index contributed by atoms with van der Waals surface area (Å²) in [6.45, 7) is 10.7. The van der Waals surface area contributed by atoms with Crippen molar-refractivity contribution in [3.8, 4) is 0 Å². The molecule has 1 unspecified atom stereocenters. The van der Waals surface area contributed by atoms with Crippen LogP contribution in [0.4, 0.5) is 0 Å². The maximum absolute atomic E-state index is 12.8. The van der Waals surface area contributed by atoms with Crippen molar-refractivity contribution in [2.45, 2.75) is 72.4 Å². The van der Waals surface area contributed by atoms with Crippen molar-refractivity contribution in [1.82, 2.24) is 0 Å². The summed E-state index contributed by atoms with van der Waals surface area (Å²) in [4.78, 5) is 12.8. The third kappa shape index (κ3) is 2.98. The molecule has 0 N–H and O–H groups in total. The molecule has 20 heavy (non-hydrogen) atoms. The van der Waals surface area contributed by atoms with Gasteiger partial charge in [-0.05, 0) is 89.5 Å². The highest BCUT2D eigenvalue weighted by atomic mass is 31.1. The molecule has 1 aromatic carbocycles. The Bertz CT molecular complexity index is 496. The zero-order valence-corrected chi connectivity index (χ0v) is 14.5. The van der Waals surface area contributed by atoms with Crippen LogP contribution in [0.2, 0.25) is 0 Å². The van der Waals surface area contributed by atoms with Crippen LogP contribution in [0.5, 0.6) is 0 Å². The van der Waals surface area contributed by atoms with Gasteiger partial charge in [0.2, 0.25) is 0 Å². The maximum atomic E-state index is 12.8. The Morgan fingerprint density at radius 3 is 1.75 bits per heavy atom. The van der Waals surface area contributed by atoms with Crippen molar-refractivity contribution >= 4 is 14.1 Å². The molecule has 1 nitrogen and oxygen atoms in total. The van der Waals surface area contributed by atoms with E-state index in [1.54, 1.807) is 0 Å². The van der Waals surface area contributed by atoms with Gasteiger partial charge in [-0.25, -0.2) is 0 Å². The molecule has 0 spiro atoms. The van der Waals surface area contributed by atoms with Crippen molar-refractivity contribution in [3.05, 3.63) is 33.4 Å². The average molecular weight is 290 g/mol. The van der Waals surface area contributed by atoms with Crippen molar-refractivity contribution in [2.24, 2.45) is 0 Å². The van der Waals surface area contributed by atoms with Gasteiger partial charge in [-0.2, -0.15) is 0 Å². The summed E-state index contributed by atoms with van der Waals surface area (Å²) in [6, 6.07) is 0. The Morgan fingerprint density at radius 2 is 1.25 bits per heavy atom. The molecule has 1 fully saturated rings. The van der Waals surface area contributed by atoms with Gasteiger partial charge in [-0.1, -0.05) is 19.3 Å². The van der Waals surface area contributed by atoms with E-state index in [0.29, 0.717) is 19.8 Å². The molecule has 1 aliphatic carbocycles. The van der Waals surface area contributed by atoms with E-state index in [2.05, 4.69) is 34.6 Å². The van der Waals surface area contributed by atoms with Gasteiger partial charge in [-0.15, -0.1) is 0 Å². The lowest BCUT2D eigenvalue weighted by Crippen LogP contribution is -2.12. The molecule has 1 atom stereocenters. The Kier molecular flexibility index (Phi) is 5.02. The molecular weight excluding hydrogens is 263 g/mol. The molecule has 2 rings (SSSR count). The number of benzene rings is 1. The molecule has 1 aliphatic rings. The summed E-state index contributed by atoms with van der Waals surface area (Å²) in [5, 5.41) is 0. The number of rotatable bonds is 3. The molecule has 0 bridgehead atoms. The van der Waals surface area contributed by atoms with Crippen molar-refractivity contribution in [2.75, 3.05) is 0 Å². The molecular formula is C18H27OP. The highest BCUT2D eigenvalue weighted by molar-refractivity contribution is 7.59. The molecule has 0 heterocycles. The predicted octanol–water partition coefficient (Wildman–Crippen LogP) is 5.38. The largest absolute Gasteiger partial charge is 0.289 e. The highest BCUT2D eigenvalue weighted by Crippen LogP contribution is 2.38. The summed E-state index contributed by atoms with van der Waals surface area (Å²) in [5.41, 5.74) is 8.43. The van der Waals surface area contributed by atoms with Crippen molar-refractivity contribution in [1.29, 1.82) is 0 Å². The SMILES string of the molecule is Cc1c(C)c(C)c(C(=O)PC2CCCCC2)c(C)c1C. The van der Waals surface area contributed by atoms with E-state index in [1.165, 1.54) is 59.9 Å². The quantitative estimate of drug-likeness (QED) is 0.683. The Labute approximate surface area is 125 Å². The first-order valence-electron chi connectivity index (χ1n) is 7.81. The van der Waals surface area contributed by atoms with Crippen LogP contribution in [0.3, 0.4) is 0 Å². The van der Waals surface area contributed by atoms with Gasteiger partial charge < -0.3 is 0 Å². The third-order valence-electron chi connectivity index (χ3n) is 5.17. The van der Waals surface area contributed by atoms with Crippen LogP contribution in [0.1, 0.15) is 70.3 Å². The molecule has 1 aromatic rings. The van der Waals surface area contributed by atoms with Gasteiger partial charge in [0.1, 0.15) is 0 Å². The van der Waals surface area contributed by atoms with Crippen LogP contribution in [-0.4, -0.2) is 11.2 Å². The van der Waals surface area contributed by atoms with Gasteiger partial charge >= 0.3 is 0 Å². The lowest BCUT2D eigenvalue weighted by molar-refractivity contribution is 0.108. The van der Waals surface area contributed by atoms with Crippen LogP contribution in [-0.2, 0) is 0 Å². The molecule has 2 heteroatoms. The minimum atomic E-state index is 0.401. The van der Waals surface area contributed by atoms with Gasteiger partial charge in [0, 0.05) is 5.56 Å². The number of carbonyl (C=O) groups excluding carboxylic acids is 1. The van der Waals surface area contributed by atoms with E-state index >= 15 is 0 Å². The summed E-state index contributed by atoms with van der Waals surface area (Å²) < 4.78 is 0. The second kappa shape index (κ2) is 6.39. The monoisotopic (exact) mass is 290 g/mol. The van der Waals surface area contributed by atoms with E-state index in [-0.39, 0.29) is 0 Å². The number of hydrogen-bond acceptors (Lipinski definition) is 1. The molecule has 1 saturated carbocycles. The van der Waals surface area contributed by atoms with E-state index in [4.69, 9.17) is 0 Å². The normalized spacial score (nSPS) is 17.1. The second-order valence-electron chi connectivity index (χ2n) is 6.31. The lowest BCUT2D eigenvalue weighted by Gasteiger charge is -2.23. The van der Waals surface area contributed by atoms with Crippen LogP contribution in [0.25, 0.3) is 0 Å². The molecule has 0 amide bonds. The first kappa shape index (κ1) is 15.7. The van der Waals surface area contributed by atoms with E-state index < -0.39 is 0 Å². The smallest absolute Gasteiger partial charge is 0.181 e. The fourth-order valence-electron chi connectivity index (χ4n) is 3.35. The number of carbonyl (C=O) groups is 1. The van der Waals surface area contributed by atoms with Crippen LogP contribution >= 0.6 is 8.58 Å². The van der Waals surface area contributed by atoms with E-state index in [0.717, 1.165) is 5.56 Å². The summed E-state index contributed by atoms with van der Waals surface area (Å²) in [5.74, 6) is 0. The van der Waals surface area contributed by atoms with Crippen molar-refractivity contribution in [3.63, 3.8) is 0 Å². The van der Waals surface area contributed by atoms with E-state index in [1.807, 2.05) is 0 Å². The van der Waals surface area contributed by atoms with Gasteiger partial charge in [0.05, 0.1) is 0 Å². The standard InChI is InChI=1S/C18H27OP/c1-11-12(2)14(4)17(15(5)13(11)3)18(19)20-16-9-7-6-8-10-16/h16,20H,6-10H2,1-5H3. The van der Waals surface area contributed by atoms with Crippen LogP contribution in [0.15, 0.2) is 0 Å². The minimum Gasteiger partial charge on any atom is -0.289 e. The maximum Gasteiger partial charge on any atom is 0.181 e. The van der Waals surface area contributed by atoms with Gasteiger partial charge in [0.15, 0.2) is 5.52 Å². The fourth-order valence-corrected chi connectivity index (χ4v) is 4.93. The predicted molar refractivity (Wildman–Crippen MR) is 89.6 cm³/mol. The average Bonchev–Trinajstić information content (AvgIpc) is 2.44. The molecule has 110 valence electrons. The van der Waals surface area contributed by atoms with Crippen LogP contribution in [0, 0.1) is 34.6 Å². The minimum absolute atomic E-state index is 0.401. The lowest BCUT2D eigenvalue weighted by atomic mass is 9.90. The Hall–Kier alpha value is -0.680. The summed E-state index contributed by atoms with van der Waals surface area (Å²) >= 11 is 0. The zero-order chi connectivity index (χ0) is 14.9. The topological polar surface area (TPSA) is 17.1 Å². The Balaban J connectivity index is 2.30. The first-order chi connectivity index (χ1) is 9.43. The zero-order valence-electron chi connectivity index (χ0n) is 13.5. The van der Waals surface area contributed by atoms with Gasteiger partial charge in [-0.3, -0.25) is 4.79 Å². The van der Waals surface area contributed by atoms with Crippen LogP contribution < -0.4 is 0 Å². The van der Waals surface area contributed by atoms with Gasteiger partial charge in [0.25, 0.3) is 0 Å². The molecule has 0 saturated heterocycles. The number of hydrogen-bond donors (Lipinski definition) is 0. The molecule has 0 aliphatic heterocycles. The summed E-state index contributed by atoms with van der Waals surface area (Å²) in [6.07, 6.45) is 6.50. The second-order valence-corrected chi connectivity index (χ2v) is 7.87. The first-order valence-corrected chi connectivity index (χ1v) is 8.89. The highest BCUT2D eigenvalue weighted by Gasteiger charge is 2.22. The fraction of sp³-hybridized carbons (Fsp3) is 0.611. The third-order valence-corrected chi connectivity index (χ3v) is 6.67. The summed E-state index contributed by atoms with van der Waals surface area (Å²) in [7, 11) is 0.476. The molecule has 0 aromatic heterocycles.